The molecule has 2 heterocycles. The van der Waals surface area contributed by atoms with Crippen LogP contribution in [-0.4, -0.2) is 68.7 Å². The van der Waals surface area contributed by atoms with Crippen molar-refractivity contribution in [2.75, 3.05) is 47.0 Å². The van der Waals surface area contributed by atoms with Crippen molar-refractivity contribution in [2.45, 2.75) is 38.6 Å². The normalized spacial score (nSPS) is 22.4. The molecule has 7 heteroatoms. The fourth-order valence-corrected chi connectivity index (χ4v) is 4.40. The Balaban J connectivity index is 1.68. The highest BCUT2D eigenvalue weighted by Gasteiger charge is 2.34. The fourth-order valence-electron chi connectivity index (χ4n) is 4.40. The molecule has 2 fully saturated rings. The van der Waals surface area contributed by atoms with E-state index in [1.54, 1.807) is 14.2 Å². The lowest BCUT2D eigenvalue weighted by atomic mass is 9.98. The zero-order valence-corrected chi connectivity index (χ0v) is 17.7. The first kappa shape index (κ1) is 21.4. The van der Waals surface area contributed by atoms with Crippen molar-refractivity contribution in [3.05, 3.63) is 23.8 Å². The summed E-state index contributed by atoms with van der Waals surface area (Å²) in [4.78, 5) is 29.1. The molecule has 0 N–H and O–H groups in total. The van der Waals surface area contributed by atoms with Crippen molar-refractivity contribution in [2.24, 2.45) is 5.92 Å². The lowest BCUT2D eigenvalue weighted by Crippen LogP contribution is -2.46. The van der Waals surface area contributed by atoms with E-state index in [-0.39, 0.29) is 23.8 Å². The molecule has 2 saturated heterocycles. The zero-order chi connectivity index (χ0) is 20.8. The molecule has 29 heavy (non-hydrogen) atoms. The van der Waals surface area contributed by atoms with Crippen molar-refractivity contribution in [3.8, 4) is 11.5 Å². The number of benzene rings is 1. The number of carbonyl (C=O) groups is 2. The minimum atomic E-state index is -0.208. The smallest absolute Gasteiger partial charge is 0.310 e. The fraction of sp³-hybridized carbons (Fsp3) is 0.636. The Morgan fingerprint density at radius 1 is 1.10 bits per heavy atom. The van der Waals surface area contributed by atoms with Gasteiger partial charge in [0.1, 0.15) is 11.5 Å². The minimum absolute atomic E-state index is 0.0766. The third kappa shape index (κ3) is 5.01. The van der Waals surface area contributed by atoms with E-state index in [2.05, 4.69) is 4.90 Å². The van der Waals surface area contributed by atoms with Crippen molar-refractivity contribution in [3.63, 3.8) is 0 Å². The number of esters is 1. The number of rotatable bonds is 7. The predicted molar refractivity (Wildman–Crippen MR) is 109 cm³/mol. The van der Waals surface area contributed by atoms with Gasteiger partial charge in [-0.15, -0.1) is 0 Å². The van der Waals surface area contributed by atoms with Crippen LogP contribution in [0.4, 0.5) is 0 Å². The molecule has 0 saturated carbocycles. The third-order valence-corrected chi connectivity index (χ3v) is 5.89. The van der Waals surface area contributed by atoms with Gasteiger partial charge in [-0.3, -0.25) is 14.5 Å². The highest BCUT2D eigenvalue weighted by Crippen LogP contribution is 2.38. The van der Waals surface area contributed by atoms with Crippen LogP contribution in [0.25, 0.3) is 0 Å². The van der Waals surface area contributed by atoms with Gasteiger partial charge >= 0.3 is 5.97 Å². The summed E-state index contributed by atoms with van der Waals surface area (Å²) in [5, 5.41) is 0. The SMILES string of the molecule is CCOC(=O)[C@H]1CCCN(C(=O)CN2CCC[C@H]2c2cc(OC)ccc2OC)C1. The molecule has 0 radical (unpaired) electrons. The van der Waals surface area contributed by atoms with Crippen LogP contribution < -0.4 is 9.47 Å². The van der Waals surface area contributed by atoms with Gasteiger partial charge in [-0.1, -0.05) is 0 Å². The number of hydrogen-bond acceptors (Lipinski definition) is 6. The summed E-state index contributed by atoms with van der Waals surface area (Å²) in [5.74, 6) is 1.28. The van der Waals surface area contributed by atoms with Gasteiger partial charge in [-0.05, 0) is 57.4 Å². The molecular formula is C22H32N2O5. The van der Waals surface area contributed by atoms with Crippen LogP contribution in [0, 0.1) is 5.92 Å². The molecule has 0 aromatic heterocycles. The number of likely N-dealkylation sites (tertiary alicyclic amines) is 2. The minimum Gasteiger partial charge on any atom is -0.497 e. The molecule has 2 aliphatic rings. The zero-order valence-electron chi connectivity index (χ0n) is 17.7. The third-order valence-electron chi connectivity index (χ3n) is 5.89. The quantitative estimate of drug-likeness (QED) is 0.651. The summed E-state index contributed by atoms with van der Waals surface area (Å²) in [6.07, 6.45) is 3.63. The lowest BCUT2D eigenvalue weighted by molar-refractivity contribution is -0.151. The maximum absolute atomic E-state index is 13.0. The summed E-state index contributed by atoms with van der Waals surface area (Å²) in [5.41, 5.74) is 1.06. The van der Waals surface area contributed by atoms with Crippen molar-refractivity contribution < 1.29 is 23.8 Å². The summed E-state index contributed by atoms with van der Waals surface area (Å²) < 4.78 is 16.1. The van der Waals surface area contributed by atoms with E-state index in [0.29, 0.717) is 26.2 Å². The van der Waals surface area contributed by atoms with Crippen LogP contribution in [0.3, 0.4) is 0 Å². The molecule has 1 aromatic carbocycles. The first-order valence-corrected chi connectivity index (χ1v) is 10.5. The van der Waals surface area contributed by atoms with Gasteiger partial charge in [-0.25, -0.2) is 0 Å². The molecule has 0 unspecified atom stereocenters. The second-order valence-electron chi connectivity index (χ2n) is 7.67. The lowest BCUT2D eigenvalue weighted by Gasteiger charge is -2.34. The predicted octanol–water partition coefficient (Wildman–Crippen LogP) is 2.64. The highest BCUT2D eigenvalue weighted by atomic mass is 16.5. The molecular weight excluding hydrogens is 372 g/mol. The number of amides is 1. The van der Waals surface area contributed by atoms with Gasteiger partial charge in [0, 0.05) is 24.7 Å². The van der Waals surface area contributed by atoms with Crippen molar-refractivity contribution >= 4 is 11.9 Å². The van der Waals surface area contributed by atoms with Crippen molar-refractivity contribution in [1.82, 2.24) is 9.80 Å². The summed E-state index contributed by atoms with van der Waals surface area (Å²) >= 11 is 0. The number of piperidine rings is 1. The Morgan fingerprint density at radius 3 is 2.62 bits per heavy atom. The number of nitrogens with zero attached hydrogens (tertiary/aromatic N) is 2. The molecule has 2 atom stereocenters. The van der Waals surface area contributed by atoms with Gasteiger partial charge in [0.15, 0.2) is 0 Å². The summed E-state index contributed by atoms with van der Waals surface area (Å²) in [6, 6.07) is 5.93. The van der Waals surface area contributed by atoms with Crippen LogP contribution in [0.15, 0.2) is 18.2 Å². The molecule has 2 aliphatic heterocycles. The maximum Gasteiger partial charge on any atom is 0.310 e. The van der Waals surface area contributed by atoms with Crippen LogP contribution >= 0.6 is 0 Å². The van der Waals surface area contributed by atoms with E-state index in [1.807, 2.05) is 30.0 Å². The van der Waals surface area contributed by atoms with E-state index >= 15 is 0 Å². The molecule has 0 aliphatic carbocycles. The van der Waals surface area contributed by atoms with E-state index in [4.69, 9.17) is 14.2 Å². The Kier molecular flexibility index (Phi) is 7.36. The Bertz CT molecular complexity index is 723. The largest absolute Gasteiger partial charge is 0.497 e. The number of carbonyl (C=O) groups excluding carboxylic acids is 2. The van der Waals surface area contributed by atoms with Crippen LogP contribution in [0.1, 0.15) is 44.2 Å². The first-order chi connectivity index (χ1) is 14.1. The second kappa shape index (κ2) is 9.96. The van der Waals surface area contributed by atoms with Crippen molar-refractivity contribution in [1.29, 1.82) is 0 Å². The molecule has 160 valence electrons. The van der Waals surface area contributed by atoms with Gasteiger partial charge in [0.25, 0.3) is 0 Å². The Labute approximate surface area is 172 Å². The number of hydrogen-bond donors (Lipinski definition) is 0. The first-order valence-electron chi connectivity index (χ1n) is 10.5. The summed E-state index contributed by atoms with van der Waals surface area (Å²) in [6.45, 7) is 4.56. The van der Waals surface area contributed by atoms with Gasteiger partial charge < -0.3 is 19.1 Å². The molecule has 0 spiro atoms. The van der Waals surface area contributed by atoms with Gasteiger partial charge in [0.2, 0.25) is 5.91 Å². The van der Waals surface area contributed by atoms with Gasteiger partial charge in [0.05, 0.1) is 33.3 Å². The molecule has 0 bridgehead atoms. The van der Waals surface area contributed by atoms with Crippen LogP contribution in [0.5, 0.6) is 11.5 Å². The Morgan fingerprint density at radius 2 is 1.90 bits per heavy atom. The van der Waals surface area contributed by atoms with E-state index in [9.17, 15) is 9.59 Å². The van der Waals surface area contributed by atoms with Crippen LogP contribution in [-0.2, 0) is 14.3 Å². The van der Waals surface area contributed by atoms with E-state index in [0.717, 1.165) is 49.3 Å². The topological polar surface area (TPSA) is 68.3 Å². The molecule has 1 aromatic rings. The maximum atomic E-state index is 13.0. The van der Waals surface area contributed by atoms with E-state index in [1.165, 1.54) is 0 Å². The summed E-state index contributed by atoms with van der Waals surface area (Å²) in [7, 11) is 3.32. The van der Waals surface area contributed by atoms with E-state index < -0.39 is 0 Å². The molecule has 7 nitrogen and oxygen atoms in total. The molecule has 3 rings (SSSR count). The number of methoxy groups -OCH3 is 2. The second-order valence-corrected chi connectivity index (χ2v) is 7.67. The standard InChI is InChI=1S/C22H32N2O5/c1-4-29-22(26)16-7-5-12-24(14-16)21(25)15-23-11-6-8-19(23)18-13-17(27-2)9-10-20(18)28-3/h9-10,13,16,19H,4-8,11-12,14-15H2,1-3H3/t16-,19-/m0/s1. The molecule has 1 amide bonds. The Hall–Kier alpha value is -2.28. The van der Waals surface area contributed by atoms with Gasteiger partial charge in [-0.2, -0.15) is 0 Å². The van der Waals surface area contributed by atoms with Crippen LogP contribution in [0.2, 0.25) is 0 Å². The number of ether oxygens (including phenoxy) is 3. The highest BCUT2D eigenvalue weighted by molar-refractivity contribution is 5.80. The average Bonchev–Trinajstić information content (AvgIpc) is 3.21. The average molecular weight is 405 g/mol. The monoisotopic (exact) mass is 404 g/mol.